The zero-order chi connectivity index (χ0) is 16.8. The van der Waals surface area contributed by atoms with Crippen molar-refractivity contribution in [3.05, 3.63) is 77.4 Å². The quantitative estimate of drug-likeness (QED) is 0.711. The fourth-order valence-electron chi connectivity index (χ4n) is 2.27. The van der Waals surface area contributed by atoms with Crippen LogP contribution in [0, 0.1) is 0 Å². The standard InChI is InChI=1S/C20H22O3/c1-14(2)18(21)12-17-11-16(19(22)13-20(17)23)10-6-9-15-7-4-3-5-8-15/h3-9,11,13,18,21-23H,1,10,12H2,2H3/b9-6+. The van der Waals surface area contributed by atoms with Gasteiger partial charge < -0.3 is 15.3 Å². The lowest BCUT2D eigenvalue weighted by Gasteiger charge is -2.13. The molecule has 3 N–H and O–H groups in total. The third kappa shape index (κ3) is 4.73. The number of rotatable bonds is 6. The molecule has 0 spiro atoms. The number of phenolic OH excluding ortho intramolecular Hbond substituents is 2. The first-order valence-corrected chi connectivity index (χ1v) is 7.56. The van der Waals surface area contributed by atoms with Gasteiger partial charge in [0.15, 0.2) is 0 Å². The van der Waals surface area contributed by atoms with Crippen LogP contribution in [0.2, 0.25) is 0 Å². The van der Waals surface area contributed by atoms with Crippen LogP contribution in [-0.2, 0) is 12.8 Å². The summed E-state index contributed by atoms with van der Waals surface area (Å²) in [5.41, 5.74) is 3.03. The fourth-order valence-corrected chi connectivity index (χ4v) is 2.27. The highest BCUT2D eigenvalue weighted by molar-refractivity contribution is 5.51. The summed E-state index contributed by atoms with van der Waals surface area (Å²) in [4.78, 5) is 0. The van der Waals surface area contributed by atoms with E-state index in [1.54, 1.807) is 13.0 Å². The van der Waals surface area contributed by atoms with Gasteiger partial charge >= 0.3 is 0 Å². The Bertz CT molecular complexity index is 702. The molecule has 0 aromatic heterocycles. The summed E-state index contributed by atoms with van der Waals surface area (Å²) >= 11 is 0. The van der Waals surface area contributed by atoms with Crippen molar-refractivity contribution in [1.82, 2.24) is 0 Å². The van der Waals surface area contributed by atoms with Crippen molar-refractivity contribution in [2.75, 3.05) is 0 Å². The van der Waals surface area contributed by atoms with E-state index in [9.17, 15) is 15.3 Å². The maximum atomic E-state index is 9.98. The summed E-state index contributed by atoms with van der Waals surface area (Å²) in [5, 5.41) is 29.8. The number of allylic oxidation sites excluding steroid dienone is 1. The number of aliphatic hydroxyl groups is 1. The van der Waals surface area contributed by atoms with Gasteiger partial charge in [-0.15, -0.1) is 0 Å². The average Bonchev–Trinajstić information content (AvgIpc) is 2.52. The van der Waals surface area contributed by atoms with Crippen LogP contribution in [0.15, 0.2) is 60.7 Å². The number of benzene rings is 2. The largest absolute Gasteiger partial charge is 0.508 e. The molecule has 2 aromatic rings. The summed E-state index contributed by atoms with van der Waals surface area (Å²) in [5.74, 6) is 0.0346. The molecule has 0 radical (unpaired) electrons. The fraction of sp³-hybridized carbons (Fsp3) is 0.200. The topological polar surface area (TPSA) is 60.7 Å². The smallest absolute Gasteiger partial charge is 0.122 e. The molecule has 0 saturated carbocycles. The predicted octanol–water partition coefficient (Wildman–Crippen LogP) is 3.83. The van der Waals surface area contributed by atoms with Gasteiger partial charge in [0.1, 0.15) is 11.5 Å². The molecular weight excluding hydrogens is 288 g/mol. The van der Waals surface area contributed by atoms with E-state index in [2.05, 4.69) is 6.58 Å². The van der Waals surface area contributed by atoms with Crippen molar-refractivity contribution < 1.29 is 15.3 Å². The van der Waals surface area contributed by atoms with E-state index < -0.39 is 6.10 Å². The predicted molar refractivity (Wildman–Crippen MR) is 93.5 cm³/mol. The van der Waals surface area contributed by atoms with Crippen molar-refractivity contribution in [3.8, 4) is 11.5 Å². The van der Waals surface area contributed by atoms with Gasteiger partial charge in [0.05, 0.1) is 6.10 Å². The monoisotopic (exact) mass is 310 g/mol. The highest BCUT2D eigenvalue weighted by atomic mass is 16.3. The molecule has 0 saturated heterocycles. The van der Waals surface area contributed by atoms with Crippen LogP contribution in [-0.4, -0.2) is 21.4 Å². The third-order valence-electron chi connectivity index (χ3n) is 3.71. The van der Waals surface area contributed by atoms with E-state index in [0.717, 1.165) is 5.56 Å². The van der Waals surface area contributed by atoms with Crippen molar-refractivity contribution in [1.29, 1.82) is 0 Å². The van der Waals surface area contributed by atoms with Crippen molar-refractivity contribution in [3.63, 3.8) is 0 Å². The number of aromatic hydroxyl groups is 2. The first kappa shape index (κ1) is 16.8. The Kier molecular flexibility index (Phi) is 5.61. The number of hydrogen-bond donors (Lipinski definition) is 3. The molecule has 1 atom stereocenters. The van der Waals surface area contributed by atoms with Gasteiger partial charge in [-0.3, -0.25) is 0 Å². The number of hydrogen-bond acceptors (Lipinski definition) is 3. The van der Waals surface area contributed by atoms with Gasteiger partial charge in [-0.1, -0.05) is 54.6 Å². The van der Waals surface area contributed by atoms with Gasteiger partial charge in [0, 0.05) is 12.5 Å². The lowest BCUT2D eigenvalue weighted by molar-refractivity contribution is 0.210. The molecule has 0 fully saturated rings. The molecule has 1 unspecified atom stereocenters. The van der Waals surface area contributed by atoms with Gasteiger partial charge in [-0.25, -0.2) is 0 Å². The van der Waals surface area contributed by atoms with E-state index >= 15 is 0 Å². The van der Waals surface area contributed by atoms with Crippen LogP contribution in [0.4, 0.5) is 0 Å². The first-order valence-electron chi connectivity index (χ1n) is 7.56. The Hall–Kier alpha value is -2.52. The lowest BCUT2D eigenvalue weighted by Crippen LogP contribution is -2.11. The summed E-state index contributed by atoms with van der Waals surface area (Å²) in [6.07, 6.45) is 4.04. The van der Waals surface area contributed by atoms with Crippen LogP contribution in [0.1, 0.15) is 23.6 Å². The van der Waals surface area contributed by atoms with Gasteiger partial charge in [0.25, 0.3) is 0 Å². The second-order valence-electron chi connectivity index (χ2n) is 5.69. The summed E-state index contributed by atoms with van der Waals surface area (Å²) in [6.45, 7) is 5.45. The highest BCUT2D eigenvalue weighted by Crippen LogP contribution is 2.29. The molecule has 23 heavy (non-hydrogen) atoms. The van der Waals surface area contributed by atoms with Gasteiger partial charge in [-0.2, -0.15) is 0 Å². The minimum absolute atomic E-state index is 0.0152. The van der Waals surface area contributed by atoms with E-state index in [1.165, 1.54) is 6.07 Å². The molecule has 0 heterocycles. The van der Waals surface area contributed by atoms with Crippen molar-refractivity contribution >= 4 is 6.08 Å². The Morgan fingerprint density at radius 3 is 2.39 bits per heavy atom. The summed E-state index contributed by atoms with van der Waals surface area (Å²) < 4.78 is 0. The summed E-state index contributed by atoms with van der Waals surface area (Å²) in [6, 6.07) is 13.0. The Morgan fingerprint density at radius 1 is 1.09 bits per heavy atom. The molecule has 120 valence electrons. The Labute approximate surface area is 136 Å². The van der Waals surface area contributed by atoms with Crippen LogP contribution in [0.3, 0.4) is 0 Å². The van der Waals surface area contributed by atoms with Crippen molar-refractivity contribution in [2.24, 2.45) is 0 Å². The Morgan fingerprint density at radius 2 is 1.74 bits per heavy atom. The minimum atomic E-state index is -0.710. The van der Waals surface area contributed by atoms with Crippen LogP contribution >= 0.6 is 0 Å². The van der Waals surface area contributed by atoms with Crippen LogP contribution in [0.5, 0.6) is 11.5 Å². The third-order valence-corrected chi connectivity index (χ3v) is 3.71. The van der Waals surface area contributed by atoms with Gasteiger partial charge in [0.2, 0.25) is 0 Å². The van der Waals surface area contributed by atoms with Crippen LogP contribution in [0.25, 0.3) is 6.08 Å². The van der Waals surface area contributed by atoms with E-state index in [1.807, 2.05) is 42.5 Å². The van der Waals surface area contributed by atoms with E-state index in [-0.39, 0.29) is 17.9 Å². The zero-order valence-electron chi connectivity index (χ0n) is 13.2. The summed E-state index contributed by atoms with van der Waals surface area (Å²) in [7, 11) is 0. The molecule has 0 amide bonds. The van der Waals surface area contributed by atoms with E-state index in [4.69, 9.17) is 0 Å². The van der Waals surface area contributed by atoms with Crippen LogP contribution < -0.4 is 0 Å². The molecular formula is C20H22O3. The molecule has 2 aromatic carbocycles. The highest BCUT2D eigenvalue weighted by Gasteiger charge is 2.12. The first-order chi connectivity index (χ1) is 11.0. The lowest BCUT2D eigenvalue weighted by atomic mass is 9.98. The second-order valence-corrected chi connectivity index (χ2v) is 5.69. The average molecular weight is 310 g/mol. The maximum absolute atomic E-state index is 9.98. The SMILES string of the molecule is C=C(C)C(O)Cc1cc(C/C=C/c2ccccc2)c(O)cc1O. The maximum Gasteiger partial charge on any atom is 0.122 e. The molecule has 0 bridgehead atoms. The number of phenols is 2. The normalized spacial score (nSPS) is 12.4. The Balaban J connectivity index is 2.15. The molecule has 3 nitrogen and oxygen atoms in total. The minimum Gasteiger partial charge on any atom is -0.508 e. The molecule has 0 aliphatic rings. The molecule has 0 aliphatic carbocycles. The second kappa shape index (κ2) is 7.65. The molecule has 3 heteroatoms. The number of aliphatic hydroxyl groups excluding tert-OH is 1. The van der Waals surface area contributed by atoms with E-state index in [0.29, 0.717) is 23.1 Å². The zero-order valence-corrected chi connectivity index (χ0v) is 13.2. The molecule has 2 rings (SSSR count). The molecule has 0 aliphatic heterocycles. The van der Waals surface area contributed by atoms with Gasteiger partial charge in [-0.05, 0) is 36.1 Å². The van der Waals surface area contributed by atoms with Crippen molar-refractivity contribution in [2.45, 2.75) is 25.9 Å².